The minimum atomic E-state index is -0.486. The molecule has 0 spiro atoms. The van der Waals surface area contributed by atoms with Crippen molar-refractivity contribution in [3.63, 3.8) is 0 Å². The summed E-state index contributed by atoms with van der Waals surface area (Å²) >= 11 is 7.49. The summed E-state index contributed by atoms with van der Waals surface area (Å²) in [6.07, 6.45) is 0. The average molecular weight is 425 g/mol. The number of pyridine rings is 1. The Morgan fingerprint density at radius 3 is 2.52 bits per heavy atom. The maximum absolute atomic E-state index is 12.4. The molecule has 0 radical (unpaired) electrons. The van der Waals surface area contributed by atoms with Crippen LogP contribution in [0.4, 0.5) is 0 Å². The van der Waals surface area contributed by atoms with Crippen molar-refractivity contribution >= 4 is 29.2 Å². The summed E-state index contributed by atoms with van der Waals surface area (Å²) in [7, 11) is 0. The van der Waals surface area contributed by atoms with Gasteiger partial charge in [0.05, 0.1) is 16.3 Å². The summed E-state index contributed by atoms with van der Waals surface area (Å²) in [5.41, 5.74) is 5.15. The zero-order chi connectivity index (χ0) is 20.8. The lowest BCUT2D eigenvalue weighted by atomic mass is 9.97. The van der Waals surface area contributed by atoms with Gasteiger partial charge in [-0.15, -0.1) is 0 Å². The fourth-order valence-corrected chi connectivity index (χ4v) is 3.93. The molecule has 0 saturated heterocycles. The topological polar surface area (TPSA) is 133 Å². The number of amidine groups is 1. The van der Waals surface area contributed by atoms with Gasteiger partial charge in [-0.2, -0.15) is 10.4 Å². The molecule has 6 N–H and O–H groups in total. The Morgan fingerprint density at radius 1 is 1.17 bits per heavy atom. The van der Waals surface area contributed by atoms with E-state index in [1.54, 1.807) is 0 Å². The van der Waals surface area contributed by atoms with Gasteiger partial charge >= 0.3 is 0 Å². The number of hydrazine groups is 1. The first-order chi connectivity index (χ1) is 14.1. The zero-order valence-corrected chi connectivity index (χ0v) is 16.7. The lowest BCUT2D eigenvalue weighted by Crippen LogP contribution is -2.33. The number of hydrazone groups is 1. The Balaban J connectivity index is 2.12. The van der Waals surface area contributed by atoms with Crippen LogP contribution >= 0.6 is 23.4 Å². The van der Waals surface area contributed by atoms with E-state index in [1.165, 1.54) is 11.8 Å². The molecule has 0 saturated carbocycles. The fourth-order valence-electron chi connectivity index (χ4n) is 2.78. The van der Waals surface area contributed by atoms with Gasteiger partial charge in [0.15, 0.2) is 0 Å². The van der Waals surface area contributed by atoms with Crippen LogP contribution in [-0.4, -0.2) is 16.6 Å². The second-order valence-corrected chi connectivity index (χ2v) is 7.28. The first-order valence-electron chi connectivity index (χ1n) is 8.47. The molecule has 0 bridgehead atoms. The lowest BCUT2D eigenvalue weighted by molar-refractivity contribution is 0.996. The van der Waals surface area contributed by atoms with Crippen molar-refractivity contribution in [2.45, 2.75) is 5.03 Å². The van der Waals surface area contributed by atoms with Crippen molar-refractivity contribution in [2.24, 2.45) is 16.8 Å². The number of halogens is 1. The van der Waals surface area contributed by atoms with Gasteiger partial charge in [-0.25, -0.2) is 5.84 Å². The van der Waals surface area contributed by atoms with E-state index in [9.17, 15) is 10.1 Å². The van der Waals surface area contributed by atoms with Gasteiger partial charge < -0.3 is 16.3 Å². The quantitative estimate of drug-likeness (QED) is 0.163. The van der Waals surface area contributed by atoms with Crippen LogP contribution in [0, 0.1) is 11.3 Å². The van der Waals surface area contributed by atoms with E-state index < -0.39 is 5.56 Å². The highest BCUT2D eigenvalue weighted by atomic mass is 35.5. The van der Waals surface area contributed by atoms with Crippen LogP contribution in [0.15, 0.2) is 69.5 Å². The van der Waals surface area contributed by atoms with Crippen molar-refractivity contribution in [1.82, 2.24) is 10.4 Å². The first-order valence-corrected chi connectivity index (χ1v) is 9.83. The van der Waals surface area contributed by atoms with Gasteiger partial charge in [-0.05, 0) is 22.8 Å². The highest BCUT2D eigenvalue weighted by Crippen LogP contribution is 2.35. The lowest BCUT2D eigenvalue weighted by Gasteiger charge is -2.13. The number of nitrogens with two attached hydrogens (primary N) is 2. The minimum absolute atomic E-state index is 0.0409. The summed E-state index contributed by atoms with van der Waals surface area (Å²) in [5.74, 6) is 11.1. The molecule has 146 valence electrons. The summed E-state index contributed by atoms with van der Waals surface area (Å²) in [4.78, 5) is 15.1. The van der Waals surface area contributed by atoms with Crippen LogP contribution in [0.2, 0.25) is 5.02 Å². The molecule has 9 heteroatoms. The third kappa shape index (κ3) is 4.43. The van der Waals surface area contributed by atoms with Crippen molar-refractivity contribution in [3.8, 4) is 28.3 Å². The molecule has 1 heterocycles. The Hall–Kier alpha value is -3.25. The van der Waals surface area contributed by atoms with Gasteiger partial charge in [0, 0.05) is 5.56 Å². The number of hydrogen-bond acceptors (Lipinski definition) is 6. The molecule has 3 rings (SSSR count). The Labute approximate surface area is 176 Å². The third-order valence-electron chi connectivity index (χ3n) is 4.17. The number of hydrogen-bond donors (Lipinski definition) is 4. The molecule has 0 amide bonds. The van der Waals surface area contributed by atoms with Crippen molar-refractivity contribution in [2.75, 3.05) is 5.75 Å². The predicted octanol–water partition coefficient (Wildman–Crippen LogP) is 3.06. The van der Waals surface area contributed by atoms with E-state index in [-0.39, 0.29) is 16.3 Å². The summed E-state index contributed by atoms with van der Waals surface area (Å²) < 4.78 is 0. The largest absolute Gasteiger partial charge is 0.322 e. The van der Waals surface area contributed by atoms with E-state index in [2.05, 4.69) is 21.6 Å². The normalized spacial score (nSPS) is 11.1. The smallest absolute Gasteiger partial charge is 0.268 e. The van der Waals surface area contributed by atoms with Crippen LogP contribution < -0.4 is 22.7 Å². The molecule has 7 nitrogen and oxygen atoms in total. The molecule has 0 fully saturated rings. The van der Waals surface area contributed by atoms with Gasteiger partial charge in [-0.1, -0.05) is 71.9 Å². The van der Waals surface area contributed by atoms with Gasteiger partial charge in [0.25, 0.3) is 5.56 Å². The van der Waals surface area contributed by atoms with Crippen LogP contribution in [0.25, 0.3) is 22.3 Å². The van der Waals surface area contributed by atoms with Crippen LogP contribution in [0.5, 0.6) is 0 Å². The van der Waals surface area contributed by atoms with Crippen molar-refractivity contribution < 1.29 is 0 Å². The van der Waals surface area contributed by atoms with Gasteiger partial charge in [0.1, 0.15) is 16.9 Å². The molecule has 0 aliphatic rings. The monoisotopic (exact) mass is 424 g/mol. The average Bonchev–Trinajstić information content (AvgIpc) is 2.77. The Kier molecular flexibility index (Phi) is 6.57. The van der Waals surface area contributed by atoms with E-state index in [4.69, 9.17) is 23.3 Å². The molecule has 29 heavy (non-hydrogen) atoms. The van der Waals surface area contributed by atoms with Crippen LogP contribution in [-0.2, 0) is 0 Å². The molecule has 3 aromatic rings. The number of nitrogens with zero attached hydrogens (tertiary/aromatic N) is 2. The number of nitrogens with one attached hydrogen (secondary N) is 2. The number of rotatable bonds is 5. The Bertz CT molecular complexity index is 1150. The fraction of sp³-hybridized carbons (Fsp3) is 0.0500. The number of aromatic nitrogens is 1. The molecule has 0 aliphatic heterocycles. The van der Waals surface area contributed by atoms with E-state index in [1.807, 2.05) is 54.6 Å². The molecular weight excluding hydrogens is 408 g/mol. The standard InChI is InChI=1S/C20H17ClN6OS/c21-18-17(14-8-4-7-13(9-14)12-5-2-1-3-6-12)15(10-22)20(25-19(18)28)29-11-16(26-23)27-24/h1-9H,11,23-24H2,(H,25,28)(H,26,27). The molecular formula is C20H17ClN6OS. The van der Waals surface area contributed by atoms with Gasteiger partial charge in [0.2, 0.25) is 0 Å². The zero-order valence-electron chi connectivity index (χ0n) is 15.1. The minimum Gasteiger partial charge on any atom is -0.322 e. The second-order valence-electron chi connectivity index (χ2n) is 5.91. The number of H-pyrrole nitrogens is 1. The first kappa shape index (κ1) is 20.5. The number of thioether (sulfide) groups is 1. The summed E-state index contributed by atoms with van der Waals surface area (Å²) in [5, 5.41) is 13.6. The number of benzene rings is 2. The SMILES string of the molecule is N#Cc1c(SC/C(=N/N)NN)[nH]c(=O)c(Cl)c1-c1cccc(-c2ccccc2)c1. The maximum Gasteiger partial charge on any atom is 0.268 e. The molecule has 1 aromatic heterocycles. The third-order valence-corrected chi connectivity index (χ3v) is 5.54. The van der Waals surface area contributed by atoms with Crippen LogP contribution in [0.3, 0.4) is 0 Å². The van der Waals surface area contributed by atoms with Crippen molar-refractivity contribution in [3.05, 3.63) is 75.5 Å². The summed E-state index contributed by atoms with van der Waals surface area (Å²) in [6.45, 7) is 0. The highest BCUT2D eigenvalue weighted by molar-refractivity contribution is 8.00. The number of aromatic amines is 1. The molecule has 2 aromatic carbocycles. The molecule has 0 unspecified atom stereocenters. The molecule has 0 aliphatic carbocycles. The summed E-state index contributed by atoms with van der Waals surface area (Å²) in [6, 6.07) is 19.5. The van der Waals surface area contributed by atoms with Crippen molar-refractivity contribution in [1.29, 1.82) is 5.26 Å². The highest BCUT2D eigenvalue weighted by Gasteiger charge is 2.19. The maximum atomic E-state index is 12.4. The Morgan fingerprint density at radius 2 is 1.86 bits per heavy atom. The van der Waals surface area contributed by atoms with E-state index in [0.29, 0.717) is 22.0 Å². The number of nitriles is 1. The van der Waals surface area contributed by atoms with Gasteiger partial charge in [-0.3, -0.25) is 4.79 Å². The second kappa shape index (κ2) is 9.30. The van der Waals surface area contributed by atoms with Crippen LogP contribution in [0.1, 0.15) is 5.56 Å². The van der Waals surface area contributed by atoms with E-state index in [0.717, 1.165) is 11.1 Å². The molecule has 0 atom stereocenters. The van der Waals surface area contributed by atoms with E-state index >= 15 is 0 Å². The predicted molar refractivity (Wildman–Crippen MR) is 117 cm³/mol.